The fourth-order valence-electron chi connectivity index (χ4n) is 2.24. The van der Waals surface area contributed by atoms with Gasteiger partial charge in [-0.1, -0.05) is 6.07 Å². The minimum absolute atomic E-state index is 0.0169. The molecule has 1 aliphatic rings. The van der Waals surface area contributed by atoms with Gasteiger partial charge in [0.05, 0.1) is 6.10 Å². The number of rotatable bonds is 5. The summed E-state index contributed by atoms with van der Waals surface area (Å²) in [7, 11) is 0. The molecule has 0 unspecified atom stereocenters. The van der Waals surface area contributed by atoms with Gasteiger partial charge >= 0.3 is 12.2 Å². The van der Waals surface area contributed by atoms with Crippen molar-refractivity contribution in [2.45, 2.75) is 32.0 Å². The second kappa shape index (κ2) is 7.54. The number of anilines is 1. The minimum Gasteiger partial charge on any atom is -0.484 e. The average Bonchev–Trinajstić information content (AvgIpc) is 2.98. The van der Waals surface area contributed by atoms with E-state index in [0.29, 0.717) is 24.4 Å². The van der Waals surface area contributed by atoms with Crippen molar-refractivity contribution in [3.63, 3.8) is 0 Å². The smallest absolute Gasteiger partial charge is 0.422 e. The third-order valence-corrected chi connectivity index (χ3v) is 3.44. The molecular weight excluding hydrogens is 313 g/mol. The van der Waals surface area contributed by atoms with Gasteiger partial charge in [0.25, 0.3) is 0 Å². The second-order valence-electron chi connectivity index (χ2n) is 5.30. The Morgan fingerprint density at radius 2 is 2.22 bits per heavy atom. The minimum atomic E-state index is -4.41. The van der Waals surface area contributed by atoms with Crippen molar-refractivity contribution < 1.29 is 27.4 Å². The van der Waals surface area contributed by atoms with Crippen molar-refractivity contribution in [3.05, 3.63) is 23.8 Å². The number of hydrogen-bond donors (Lipinski definition) is 2. The molecule has 0 aromatic heterocycles. The first-order chi connectivity index (χ1) is 10.8. The molecule has 2 rings (SSSR count). The number of amides is 2. The molecule has 0 radical (unpaired) electrons. The molecule has 2 N–H and O–H groups in total. The van der Waals surface area contributed by atoms with Crippen LogP contribution in [0.1, 0.15) is 18.4 Å². The monoisotopic (exact) mass is 332 g/mol. The number of nitrogens with one attached hydrogen (secondary N) is 2. The van der Waals surface area contributed by atoms with Gasteiger partial charge in [-0.05, 0) is 31.9 Å². The lowest BCUT2D eigenvalue weighted by molar-refractivity contribution is -0.153. The van der Waals surface area contributed by atoms with Crippen LogP contribution in [0, 0.1) is 6.92 Å². The van der Waals surface area contributed by atoms with E-state index < -0.39 is 18.8 Å². The topological polar surface area (TPSA) is 59.6 Å². The molecule has 0 bridgehead atoms. The Balaban J connectivity index is 1.89. The third kappa shape index (κ3) is 5.63. The van der Waals surface area contributed by atoms with Crippen LogP contribution >= 0.6 is 0 Å². The second-order valence-corrected chi connectivity index (χ2v) is 5.30. The van der Waals surface area contributed by atoms with Gasteiger partial charge in [0.2, 0.25) is 0 Å². The summed E-state index contributed by atoms with van der Waals surface area (Å²) in [6.45, 7) is 1.31. The molecule has 1 aromatic carbocycles. The summed E-state index contributed by atoms with van der Waals surface area (Å²) in [5.41, 5.74) is 0.832. The predicted molar refractivity (Wildman–Crippen MR) is 78.7 cm³/mol. The van der Waals surface area contributed by atoms with E-state index >= 15 is 0 Å². The first-order valence-corrected chi connectivity index (χ1v) is 7.31. The van der Waals surface area contributed by atoms with Crippen molar-refractivity contribution in [1.82, 2.24) is 5.32 Å². The van der Waals surface area contributed by atoms with Gasteiger partial charge in [-0.3, -0.25) is 0 Å². The average molecular weight is 332 g/mol. The summed E-state index contributed by atoms with van der Waals surface area (Å²) in [6.07, 6.45) is -2.51. The Morgan fingerprint density at radius 3 is 2.87 bits per heavy atom. The lowest BCUT2D eigenvalue weighted by Crippen LogP contribution is -2.35. The van der Waals surface area contributed by atoms with Gasteiger partial charge in [-0.25, -0.2) is 4.79 Å². The first kappa shape index (κ1) is 17.4. The highest BCUT2D eigenvalue weighted by atomic mass is 19.4. The van der Waals surface area contributed by atoms with Crippen LogP contribution in [0.3, 0.4) is 0 Å². The van der Waals surface area contributed by atoms with E-state index in [1.54, 1.807) is 13.0 Å². The Morgan fingerprint density at radius 1 is 1.43 bits per heavy atom. The molecule has 23 heavy (non-hydrogen) atoms. The van der Waals surface area contributed by atoms with E-state index in [1.807, 2.05) is 0 Å². The predicted octanol–water partition coefficient (Wildman–Crippen LogP) is 3.24. The summed E-state index contributed by atoms with van der Waals surface area (Å²) in [6, 6.07) is 4.11. The van der Waals surface area contributed by atoms with Crippen LogP contribution in [-0.2, 0) is 4.74 Å². The maximum atomic E-state index is 12.2. The number of urea groups is 1. The molecule has 1 fully saturated rings. The van der Waals surface area contributed by atoms with E-state index in [9.17, 15) is 18.0 Å². The highest BCUT2D eigenvalue weighted by Crippen LogP contribution is 2.27. The van der Waals surface area contributed by atoms with Crippen LogP contribution in [0.5, 0.6) is 5.75 Å². The number of hydrogen-bond acceptors (Lipinski definition) is 3. The molecule has 1 aliphatic heterocycles. The fraction of sp³-hybridized carbons (Fsp3) is 0.533. The van der Waals surface area contributed by atoms with Crippen LogP contribution in [0.15, 0.2) is 18.2 Å². The summed E-state index contributed by atoms with van der Waals surface area (Å²) in [5, 5.41) is 5.29. The highest BCUT2D eigenvalue weighted by Gasteiger charge is 2.28. The van der Waals surface area contributed by atoms with Gasteiger partial charge in [0.1, 0.15) is 5.75 Å². The third-order valence-electron chi connectivity index (χ3n) is 3.44. The number of ether oxygens (including phenoxy) is 2. The quantitative estimate of drug-likeness (QED) is 0.870. The molecule has 8 heteroatoms. The molecule has 1 heterocycles. The first-order valence-electron chi connectivity index (χ1n) is 7.31. The van der Waals surface area contributed by atoms with Crippen LogP contribution < -0.4 is 15.4 Å². The molecule has 1 atom stereocenters. The fourth-order valence-corrected chi connectivity index (χ4v) is 2.24. The zero-order valence-corrected chi connectivity index (χ0v) is 12.7. The molecule has 1 aromatic rings. The number of carbonyl (C=O) groups is 1. The normalized spacial score (nSPS) is 17.8. The van der Waals surface area contributed by atoms with Gasteiger partial charge < -0.3 is 20.1 Å². The van der Waals surface area contributed by atoms with Gasteiger partial charge in [-0.2, -0.15) is 13.2 Å². The molecule has 0 spiro atoms. The SMILES string of the molecule is Cc1c(NC(=O)NC[C@@H]2CCCO2)cccc1OCC(F)(F)F. The summed E-state index contributed by atoms with van der Waals surface area (Å²) in [4.78, 5) is 11.9. The standard InChI is InChI=1S/C15H19F3N2O3/c1-10-12(5-2-6-13(10)23-9-15(16,17)18)20-14(21)19-8-11-4-3-7-22-11/h2,5-6,11H,3-4,7-9H2,1H3,(H2,19,20,21)/t11-/m0/s1. The van der Waals surface area contributed by atoms with Crippen molar-refractivity contribution in [2.24, 2.45) is 0 Å². The maximum absolute atomic E-state index is 12.2. The summed E-state index contributed by atoms with van der Waals surface area (Å²) in [5.74, 6) is 0.0826. The molecule has 0 saturated carbocycles. The number of benzene rings is 1. The highest BCUT2D eigenvalue weighted by molar-refractivity contribution is 5.90. The van der Waals surface area contributed by atoms with E-state index in [1.165, 1.54) is 12.1 Å². The van der Waals surface area contributed by atoms with Crippen molar-refractivity contribution in [3.8, 4) is 5.75 Å². The van der Waals surface area contributed by atoms with E-state index in [4.69, 9.17) is 9.47 Å². The molecule has 0 aliphatic carbocycles. The Hall–Kier alpha value is -1.96. The largest absolute Gasteiger partial charge is 0.484 e. The molecule has 5 nitrogen and oxygen atoms in total. The van der Waals surface area contributed by atoms with E-state index in [2.05, 4.69) is 10.6 Å². The van der Waals surface area contributed by atoms with Crippen LogP contribution in [-0.4, -0.2) is 38.1 Å². The van der Waals surface area contributed by atoms with Gasteiger partial charge in [0, 0.05) is 24.4 Å². The zero-order chi connectivity index (χ0) is 16.9. The summed E-state index contributed by atoms with van der Waals surface area (Å²) >= 11 is 0. The molecule has 2 amide bonds. The van der Waals surface area contributed by atoms with Crippen molar-refractivity contribution in [2.75, 3.05) is 25.1 Å². The molecular formula is C15H19F3N2O3. The van der Waals surface area contributed by atoms with Gasteiger partial charge in [-0.15, -0.1) is 0 Å². The van der Waals surface area contributed by atoms with Crippen molar-refractivity contribution in [1.29, 1.82) is 0 Å². The van der Waals surface area contributed by atoms with E-state index in [-0.39, 0.29) is 11.9 Å². The Kier molecular flexibility index (Phi) is 5.70. The molecule has 128 valence electrons. The van der Waals surface area contributed by atoms with Crippen LogP contribution in [0.2, 0.25) is 0 Å². The van der Waals surface area contributed by atoms with E-state index in [0.717, 1.165) is 12.8 Å². The lowest BCUT2D eigenvalue weighted by Gasteiger charge is -2.16. The van der Waals surface area contributed by atoms with Crippen molar-refractivity contribution >= 4 is 11.7 Å². The zero-order valence-electron chi connectivity index (χ0n) is 12.7. The lowest BCUT2D eigenvalue weighted by atomic mass is 10.2. The van der Waals surface area contributed by atoms with Crippen LogP contribution in [0.4, 0.5) is 23.7 Å². The number of halogens is 3. The van der Waals surface area contributed by atoms with Crippen LogP contribution in [0.25, 0.3) is 0 Å². The Bertz CT molecular complexity index is 543. The maximum Gasteiger partial charge on any atom is 0.422 e. The van der Waals surface area contributed by atoms with Gasteiger partial charge in [0.15, 0.2) is 6.61 Å². The summed E-state index contributed by atoms with van der Waals surface area (Å²) < 4.78 is 46.8. The Labute approximate surface area is 132 Å². The number of alkyl halides is 3. The number of carbonyl (C=O) groups excluding carboxylic acids is 1. The molecule has 1 saturated heterocycles.